The van der Waals surface area contributed by atoms with Gasteiger partial charge in [0.1, 0.15) is 18.1 Å². The maximum absolute atomic E-state index is 13.6. The first-order chi connectivity index (χ1) is 20.3. The van der Waals surface area contributed by atoms with Crippen molar-refractivity contribution in [2.45, 2.75) is 33.4 Å². The molecule has 4 aromatic carbocycles. The van der Waals surface area contributed by atoms with E-state index in [1.807, 2.05) is 69.3 Å². The molecule has 0 saturated carbocycles. The van der Waals surface area contributed by atoms with Crippen LogP contribution in [-0.4, -0.2) is 30.5 Å². The molecule has 0 radical (unpaired) electrons. The number of hydrogen-bond acceptors (Lipinski definition) is 6. The van der Waals surface area contributed by atoms with Crippen LogP contribution in [0.3, 0.4) is 0 Å². The van der Waals surface area contributed by atoms with Gasteiger partial charge in [-0.15, -0.1) is 0 Å². The topological polar surface area (TPSA) is 85.3 Å². The fourth-order valence-corrected chi connectivity index (χ4v) is 5.17. The van der Waals surface area contributed by atoms with Gasteiger partial charge in [0.25, 0.3) is 11.7 Å². The molecule has 1 aliphatic heterocycles. The Balaban J connectivity index is 1.59. The molecule has 5 rings (SSSR count). The zero-order valence-corrected chi connectivity index (χ0v) is 24.1. The Morgan fingerprint density at radius 3 is 2.29 bits per heavy atom. The number of carbonyl (C=O) groups is 2. The van der Waals surface area contributed by atoms with Crippen molar-refractivity contribution < 1.29 is 28.9 Å². The van der Waals surface area contributed by atoms with E-state index in [0.717, 1.165) is 16.7 Å². The molecule has 1 fully saturated rings. The fourth-order valence-electron chi connectivity index (χ4n) is 5.17. The number of ether oxygens (including phenoxy) is 3. The van der Waals surface area contributed by atoms with Crippen molar-refractivity contribution in [2.75, 3.05) is 18.6 Å². The molecule has 0 spiro atoms. The zero-order chi connectivity index (χ0) is 29.8. The monoisotopic (exact) mass is 563 g/mol. The summed E-state index contributed by atoms with van der Waals surface area (Å²) in [5.41, 5.74) is 4.29. The van der Waals surface area contributed by atoms with Crippen LogP contribution in [0.15, 0.2) is 96.6 Å². The van der Waals surface area contributed by atoms with E-state index in [0.29, 0.717) is 47.3 Å². The van der Waals surface area contributed by atoms with Crippen molar-refractivity contribution in [3.63, 3.8) is 0 Å². The minimum absolute atomic E-state index is 0.00919. The van der Waals surface area contributed by atoms with Gasteiger partial charge in [-0.1, -0.05) is 48.5 Å². The third-order valence-corrected chi connectivity index (χ3v) is 7.21. The van der Waals surface area contributed by atoms with Crippen molar-refractivity contribution in [1.29, 1.82) is 0 Å². The smallest absolute Gasteiger partial charge is 0.300 e. The van der Waals surface area contributed by atoms with Crippen molar-refractivity contribution in [3.05, 3.63) is 124 Å². The highest BCUT2D eigenvalue weighted by Gasteiger charge is 2.47. The number of benzene rings is 4. The lowest BCUT2D eigenvalue weighted by Gasteiger charge is -2.26. The summed E-state index contributed by atoms with van der Waals surface area (Å²) in [6.45, 7) is 6.51. The van der Waals surface area contributed by atoms with Crippen LogP contribution in [0.1, 0.15) is 40.8 Å². The van der Waals surface area contributed by atoms with Crippen molar-refractivity contribution in [3.8, 4) is 17.2 Å². The normalized spacial score (nSPS) is 16.0. The number of aryl methyl sites for hydroxylation is 2. The number of nitrogens with zero attached hydrogens (tertiary/aromatic N) is 1. The number of aliphatic hydroxyl groups excluding tert-OH is 1. The SMILES string of the molecule is CCOc1ccc(C2/C(=C(/O)c3ccc(OCc4ccccc4)c(C)c3)C(=O)C(=O)N2c2cccc(C)c2)cc1OC. The van der Waals surface area contributed by atoms with Gasteiger partial charge >= 0.3 is 0 Å². The highest BCUT2D eigenvalue weighted by atomic mass is 16.5. The van der Waals surface area contributed by atoms with Crippen LogP contribution < -0.4 is 19.1 Å². The molecule has 1 saturated heterocycles. The molecule has 1 atom stereocenters. The second-order valence-corrected chi connectivity index (χ2v) is 10.1. The predicted octanol–water partition coefficient (Wildman–Crippen LogP) is 6.92. The van der Waals surface area contributed by atoms with Crippen LogP contribution in [0.2, 0.25) is 0 Å². The molecule has 42 heavy (non-hydrogen) atoms. The summed E-state index contributed by atoms with van der Waals surface area (Å²) in [6, 6.07) is 26.8. The van der Waals surface area contributed by atoms with Gasteiger partial charge in [-0.05, 0) is 85.5 Å². The highest BCUT2D eigenvalue weighted by Crippen LogP contribution is 2.44. The molecule has 1 N–H and O–H groups in total. The van der Waals surface area contributed by atoms with E-state index in [-0.39, 0.29) is 11.3 Å². The number of amides is 1. The highest BCUT2D eigenvalue weighted by molar-refractivity contribution is 6.51. The number of Topliss-reactive ketones (excluding diaryl/α,β-unsaturated/α-hetero) is 1. The molecule has 214 valence electrons. The predicted molar refractivity (Wildman–Crippen MR) is 162 cm³/mol. The van der Waals surface area contributed by atoms with Crippen LogP contribution in [0, 0.1) is 13.8 Å². The van der Waals surface area contributed by atoms with Crippen molar-refractivity contribution in [2.24, 2.45) is 0 Å². The summed E-state index contributed by atoms with van der Waals surface area (Å²) in [5.74, 6) is -0.103. The van der Waals surface area contributed by atoms with Gasteiger partial charge in [-0.3, -0.25) is 14.5 Å². The molecule has 1 amide bonds. The van der Waals surface area contributed by atoms with E-state index in [4.69, 9.17) is 14.2 Å². The first kappa shape index (κ1) is 28.5. The van der Waals surface area contributed by atoms with E-state index in [1.165, 1.54) is 12.0 Å². The Morgan fingerprint density at radius 1 is 0.833 bits per heavy atom. The minimum atomic E-state index is -0.898. The second-order valence-electron chi connectivity index (χ2n) is 10.1. The molecule has 0 aliphatic carbocycles. The van der Waals surface area contributed by atoms with Crippen LogP contribution in [-0.2, 0) is 16.2 Å². The Bertz CT molecular complexity index is 1660. The molecule has 1 aliphatic rings. The zero-order valence-electron chi connectivity index (χ0n) is 24.1. The lowest BCUT2D eigenvalue weighted by Crippen LogP contribution is -2.29. The average molecular weight is 564 g/mol. The van der Waals surface area contributed by atoms with Gasteiger partial charge in [0.15, 0.2) is 11.5 Å². The average Bonchev–Trinajstić information content (AvgIpc) is 3.26. The molecular weight excluding hydrogens is 530 g/mol. The van der Waals surface area contributed by atoms with Crippen molar-refractivity contribution in [1.82, 2.24) is 0 Å². The minimum Gasteiger partial charge on any atom is -0.507 e. The standard InChI is InChI=1S/C35H33NO6/c1-5-41-29-17-14-25(20-30(29)40-4)32-31(34(38)35(39)36(32)27-13-9-10-22(2)18-27)33(37)26-15-16-28(23(3)19-26)42-21-24-11-7-6-8-12-24/h6-20,32,37H,5,21H2,1-4H3/b33-31-. The number of carbonyl (C=O) groups excluding carboxylic acids is 2. The van der Waals surface area contributed by atoms with E-state index in [2.05, 4.69) is 0 Å². The third-order valence-electron chi connectivity index (χ3n) is 7.21. The Labute approximate surface area is 245 Å². The fraction of sp³-hybridized carbons (Fsp3) is 0.200. The maximum atomic E-state index is 13.6. The Kier molecular flexibility index (Phi) is 8.29. The lowest BCUT2D eigenvalue weighted by molar-refractivity contribution is -0.132. The molecule has 0 aromatic heterocycles. The number of methoxy groups -OCH3 is 1. The summed E-state index contributed by atoms with van der Waals surface area (Å²) in [7, 11) is 1.53. The van der Waals surface area contributed by atoms with Gasteiger partial charge in [0.2, 0.25) is 0 Å². The van der Waals surface area contributed by atoms with Crippen molar-refractivity contribution >= 4 is 23.1 Å². The largest absolute Gasteiger partial charge is 0.507 e. The summed E-state index contributed by atoms with van der Waals surface area (Å²) in [5, 5.41) is 11.6. The van der Waals surface area contributed by atoms with Crippen LogP contribution >= 0.6 is 0 Å². The number of anilines is 1. The maximum Gasteiger partial charge on any atom is 0.300 e. The van der Waals surface area contributed by atoms with Crippen LogP contribution in [0.4, 0.5) is 5.69 Å². The van der Waals surface area contributed by atoms with Gasteiger partial charge in [-0.25, -0.2) is 0 Å². The van der Waals surface area contributed by atoms with Crippen LogP contribution in [0.5, 0.6) is 17.2 Å². The van der Waals surface area contributed by atoms with E-state index >= 15 is 0 Å². The van der Waals surface area contributed by atoms with Gasteiger partial charge in [0.05, 0.1) is 25.3 Å². The van der Waals surface area contributed by atoms with Gasteiger partial charge in [0, 0.05) is 11.3 Å². The first-order valence-corrected chi connectivity index (χ1v) is 13.8. The molecule has 1 heterocycles. The molecule has 0 bridgehead atoms. The number of aliphatic hydroxyl groups is 1. The van der Waals surface area contributed by atoms with Gasteiger partial charge < -0.3 is 19.3 Å². The van der Waals surface area contributed by atoms with E-state index in [9.17, 15) is 14.7 Å². The van der Waals surface area contributed by atoms with Crippen LogP contribution in [0.25, 0.3) is 5.76 Å². The molecule has 1 unspecified atom stereocenters. The quantitative estimate of drug-likeness (QED) is 0.135. The molecule has 7 nitrogen and oxygen atoms in total. The van der Waals surface area contributed by atoms with E-state index < -0.39 is 17.7 Å². The van der Waals surface area contributed by atoms with Gasteiger partial charge in [-0.2, -0.15) is 0 Å². The summed E-state index contributed by atoms with van der Waals surface area (Å²) >= 11 is 0. The second kappa shape index (κ2) is 12.2. The number of ketones is 1. The Morgan fingerprint density at radius 2 is 1.60 bits per heavy atom. The van der Waals surface area contributed by atoms with E-state index in [1.54, 1.807) is 42.5 Å². The lowest BCUT2D eigenvalue weighted by atomic mass is 9.94. The summed E-state index contributed by atoms with van der Waals surface area (Å²) < 4.78 is 17.3. The summed E-state index contributed by atoms with van der Waals surface area (Å²) in [6.07, 6.45) is 0. The third kappa shape index (κ3) is 5.59. The Hall–Kier alpha value is -5.04. The summed E-state index contributed by atoms with van der Waals surface area (Å²) in [4.78, 5) is 28.6. The molecule has 4 aromatic rings. The first-order valence-electron chi connectivity index (χ1n) is 13.8. The molecular formula is C35H33NO6. The number of rotatable bonds is 9. The molecule has 7 heteroatoms. The number of hydrogen-bond donors (Lipinski definition) is 1.